The van der Waals surface area contributed by atoms with Crippen LogP contribution in [0, 0.1) is 0 Å². The quantitative estimate of drug-likeness (QED) is 0.332. The Hall–Kier alpha value is -2.22. The first kappa shape index (κ1) is 20.1. The van der Waals surface area contributed by atoms with Gasteiger partial charge >= 0.3 is 0 Å². The summed E-state index contributed by atoms with van der Waals surface area (Å²) in [6.45, 7) is 0. The maximum Gasteiger partial charge on any atom is 0.179 e. The smallest absolute Gasteiger partial charge is 0.179 e. The first-order chi connectivity index (χ1) is 14.0. The van der Waals surface area contributed by atoms with Crippen molar-refractivity contribution in [2.75, 3.05) is 11.5 Å². The lowest BCUT2D eigenvalue weighted by atomic mass is 10.1. The molecule has 0 unspecified atom stereocenters. The highest BCUT2D eigenvalue weighted by molar-refractivity contribution is 9.10. The van der Waals surface area contributed by atoms with E-state index in [0.29, 0.717) is 10.6 Å². The molecule has 1 aromatic heterocycles. The van der Waals surface area contributed by atoms with Crippen molar-refractivity contribution in [3.63, 3.8) is 0 Å². The van der Waals surface area contributed by atoms with Crippen LogP contribution in [-0.4, -0.2) is 30.1 Å². The van der Waals surface area contributed by atoms with E-state index in [0.717, 1.165) is 31.5 Å². The van der Waals surface area contributed by atoms with Crippen molar-refractivity contribution in [1.82, 2.24) is 10.2 Å². The average Bonchev–Trinajstić information content (AvgIpc) is 2.75. The van der Waals surface area contributed by atoms with E-state index < -0.39 is 9.84 Å². The summed E-state index contributed by atoms with van der Waals surface area (Å²) >= 11 is 4.74. The maximum absolute atomic E-state index is 12.6. The fourth-order valence-electron chi connectivity index (χ4n) is 3.00. The monoisotopic (exact) mass is 484 g/mol. The summed E-state index contributed by atoms with van der Waals surface area (Å²) in [7, 11) is -3.34. The molecule has 0 fully saturated rings. The van der Waals surface area contributed by atoms with Gasteiger partial charge in [0.05, 0.1) is 10.6 Å². The first-order valence-corrected chi connectivity index (χ1v) is 12.4. The Labute approximate surface area is 182 Å². The summed E-state index contributed by atoms with van der Waals surface area (Å²) in [6.07, 6.45) is 0. The van der Waals surface area contributed by atoms with E-state index in [1.807, 2.05) is 54.6 Å². The molecule has 4 nitrogen and oxygen atoms in total. The highest BCUT2D eigenvalue weighted by Gasteiger charge is 2.16. The molecule has 0 radical (unpaired) electrons. The van der Waals surface area contributed by atoms with Crippen LogP contribution in [0.4, 0.5) is 0 Å². The highest BCUT2D eigenvalue weighted by Crippen LogP contribution is 2.31. The van der Waals surface area contributed by atoms with Gasteiger partial charge in [-0.2, -0.15) is 0 Å². The van der Waals surface area contributed by atoms with Crippen molar-refractivity contribution in [2.45, 2.75) is 9.92 Å². The Bertz CT molecular complexity index is 1250. The molecule has 0 atom stereocenters. The Morgan fingerprint density at radius 3 is 2.17 bits per heavy atom. The number of thioether (sulfide) groups is 1. The van der Waals surface area contributed by atoms with Gasteiger partial charge in [-0.25, -0.2) is 8.42 Å². The summed E-state index contributed by atoms with van der Waals surface area (Å²) in [4.78, 5) is 0.330. The molecule has 29 heavy (non-hydrogen) atoms. The molecule has 0 N–H and O–H groups in total. The lowest BCUT2D eigenvalue weighted by molar-refractivity contribution is 0.597. The van der Waals surface area contributed by atoms with Crippen molar-refractivity contribution >= 4 is 48.3 Å². The van der Waals surface area contributed by atoms with E-state index in [4.69, 9.17) is 0 Å². The van der Waals surface area contributed by atoms with Crippen LogP contribution < -0.4 is 0 Å². The van der Waals surface area contributed by atoms with Crippen LogP contribution in [0.2, 0.25) is 0 Å². The molecule has 4 rings (SSSR count). The first-order valence-electron chi connectivity index (χ1n) is 8.96. The van der Waals surface area contributed by atoms with Crippen LogP contribution in [0.5, 0.6) is 0 Å². The predicted octanol–water partition coefficient (Wildman–Crippen LogP) is 5.63. The topological polar surface area (TPSA) is 59.9 Å². The van der Waals surface area contributed by atoms with Crippen LogP contribution in [0.3, 0.4) is 0 Å². The van der Waals surface area contributed by atoms with E-state index >= 15 is 0 Å². The second kappa shape index (κ2) is 8.65. The Morgan fingerprint density at radius 1 is 0.793 bits per heavy atom. The molecule has 0 aliphatic heterocycles. The zero-order valence-corrected chi connectivity index (χ0v) is 18.5. The lowest BCUT2D eigenvalue weighted by Crippen LogP contribution is -2.09. The van der Waals surface area contributed by atoms with Crippen LogP contribution in [-0.2, 0) is 9.84 Å². The zero-order valence-electron chi connectivity index (χ0n) is 15.3. The van der Waals surface area contributed by atoms with Gasteiger partial charge in [-0.3, -0.25) is 0 Å². The zero-order chi connectivity index (χ0) is 20.3. The van der Waals surface area contributed by atoms with Gasteiger partial charge in [0.1, 0.15) is 10.7 Å². The third-order valence-corrected chi connectivity index (χ3v) is 7.97. The normalized spacial score (nSPS) is 11.6. The number of sulfone groups is 1. The summed E-state index contributed by atoms with van der Waals surface area (Å²) in [6, 6.07) is 24.6. The molecule has 0 aliphatic carbocycles. The summed E-state index contributed by atoms with van der Waals surface area (Å²) in [5, 5.41) is 11.6. The van der Waals surface area contributed by atoms with Crippen LogP contribution >= 0.6 is 27.7 Å². The predicted molar refractivity (Wildman–Crippen MR) is 122 cm³/mol. The Kier molecular flexibility index (Phi) is 5.99. The number of hydrogen-bond donors (Lipinski definition) is 0. The van der Waals surface area contributed by atoms with Crippen molar-refractivity contribution in [3.05, 3.63) is 83.3 Å². The molecule has 0 saturated heterocycles. The molecule has 3 aromatic carbocycles. The molecular weight excluding hydrogens is 468 g/mol. The van der Waals surface area contributed by atoms with Gasteiger partial charge in [0.25, 0.3) is 0 Å². The number of aromatic nitrogens is 2. The van der Waals surface area contributed by atoms with E-state index in [1.165, 1.54) is 11.8 Å². The minimum atomic E-state index is -3.34. The number of benzene rings is 3. The molecule has 1 heterocycles. The second-order valence-electron chi connectivity index (χ2n) is 6.39. The average molecular weight is 485 g/mol. The molecular formula is C22H17BrN2O2S2. The third kappa shape index (κ3) is 4.52. The molecule has 0 saturated carbocycles. The molecule has 0 aliphatic rings. The van der Waals surface area contributed by atoms with E-state index in [1.54, 1.807) is 24.3 Å². The summed E-state index contributed by atoms with van der Waals surface area (Å²) < 4.78 is 26.0. The third-order valence-electron chi connectivity index (χ3n) is 4.46. The Balaban J connectivity index is 1.57. The molecule has 0 spiro atoms. The highest BCUT2D eigenvalue weighted by atomic mass is 79.9. The SMILES string of the molecule is O=S(=O)(CCSc1nnc(-c2ccccc2)c2ccccc12)c1ccc(Br)cc1. The van der Waals surface area contributed by atoms with Gasteiger partial charge in [-0.1, -0.05) is 70.5 Å². The van der Waals surface area contributed by atoms with Gasteiger partial charge in [-0.15, -0.1) is 22.0 Å². The van der Waals surface area contributed by atoms with Crippen LogP contribution in [0.25, 0.3) is 22.0 Å². The molecule has 0 bridgehead atoms. The lowest BCUT2D eigenvalue weighted by Gasteiger charge is -2.09. The molecule has 7 heteroatoms. The standard InChI is InChI=1S/C22H17BrN2O2S2/c23-17-10-12-18(13-11-17)29(26,27)15-14-28-22-20-9-5-4-8-19(20)21(24-25-22)16-6-2-1-3-7-16/h1-13H,14-15H2. The van der Waals surface area contributed by atoms with E-state index in [-0.39, 0.29) is 5.75 Å². The summed E-state index contributed by atoms with van der Waals surface area (Å²) in [5.74, 6) is 0.442. The Morgan fingerprint density at radius 2 is 1.45 bits per heavy atom. The maximum atomic E-state index is 12.6. The van der Waals surface area contributed by atoms with Gasteiger partial charge < -0.3 is 0 Å². The van der Waals surface area contributed by atoms with Gasteiger partial charge in [0.2, 0.25) is 0 Å². The number of fused-ring (bicyclic) bond motifs is 1. The van der Waals surface area contributed by atoms with Crippen molar-refractivity contribution in [2.24, 2.45) is 0 Å². The number of rotatable bonds is 6. The second-order valence-corrected chi connectivity index (χ2v) is 10.5. The van der Waals surface area contributed by atoms with Gasteiger partial charge in [0, 0.05) is 26.6 Å². The van der Waals surface area contributed by atoms with E-state index in [2.05, 4.69) is 26.1 Å². The fourth-order valence-corrected chi connectivity index (χ4v) is 5.89. The number of halogens is 1. The van der Waals surface area contributed by atoms with Crippen molar-refractivity contribution in [1.29, 1.82) is 0 Å². The minimum Gasteiger partial charge on any atom is -0.224 e. The summed E-state index contributed by atoms with van der Waals surface area (Å²) in [5.41, 5.74) is 1.83. The largest absolute Gasteiger partial charge is 0.224 e. The van der Waals surface area contributed by atoms with Gasteiger partial charge in [0.15, 0.2) is 9.84 Å². The minimum absolute atomic E-state index is 0.0374. The fraction of sp³-hybridized carbons (Fsp3) is 0.0909. The molecule has 4 aromatic rings. The number of hydrogen-bond acceptors (Lipinski definition) is 5. The van der Waals surface area contributed by atoms with Crippen LogP contribution in [0.15, 0.2) is 93.3 Å². The van der Waals surface area contributed by atoms with Crippen LogP contribution in [0.1, 0.15) is 0 Å². The van der Waals surface area contributed by atoms with Crippen molar-refractivity contribution < 1.29 is 8.42 Å². The van der Waals surface area contributed by atoms with Gasteiger partial charge in [-0.05, 0) is 24.3 Å². The van der Waals surface area contributed by atoms with Crippen molar-refractivity contribution in [3.8, 4) is 11.3 Å². The molecule has 0 amide bonds. The van der Waals surface area contributed by atoms with E-state index in [9.17, 15) is 8.42 Å². The number of nitrogens with zero attached hydrogens (tertiary/aromatic N) is 2. The molecule has 146 valence electrons.